The van der Waals surface area contributed by atoms with Gasteiger partial charge in [-0.3, -0.25) is 9.59 Å². The van der Waals surface area contributed by atoms with E-state index < -0.39 is 7.92 Å². The number of carbonyl (C=O) groups excluding carboxylic acids is 2. The van der Waals surface area contributed by atoms with Crippen molar-refractivity contribution in [1.82, 2.24) is 10.0 Å². The van der Waals surface area contributed by atoms with E-state index in [9.17, 15) is 9.59 Å². The molecular weight excluding hydrogens is 259 g/mol. The standard InChI is InChI=1S/C14H17N2O2P/c1-10-15-13(17)8-9-14(18)16(15)11(2)19(10)12-6-4-3-5-7-12/h3-7,10-11H,8-9H2,1-2H3/t10-,11-/m0/s1. The molecule has 2 saturated heterocycles. The molecule has 1 aromatic rings. The van der Waals surface area contributed by atoms with Crippen molar-refractivity contribution in [3.63, 3.8) is 0 Å². The third kappa shape index (κ3) is 1.86. The summed E-state index contributed by atoms with van der Waals surface area (Å²) in [5, 5.41) is 4.66. The van der Waals surface area contributed by atoms with Crippen molar-refractivity contribution in [2.45, 2.75) is 38.3 Å². The molecule has 100 valence electrons. The van der Waals surface area contributed by atoms with Gasteiger partial charge in [0.15, 0.2) is 0 Å². The van der Waals surface area contributed by atoms with Crippen molar-refractivity contribution in [3.05, 3.63) is 30.3 Å². The van der Waals surface area contributed by atoms with Gasteiger partial charge in [-0.25, -0.2) is 10.0 Å². The molecule has 5 heteroatoms. The van der Waals surface area contributed by atoms with E-state index in [1.54, 1.807) is 10.0 Å². The SMILES string of the molecule is C[C@H]1N2C(=O)CCC(=O)N2[C@H](C)P1c1ccccc1. The fourth-order valence-corrected chi connectivity index (χ4v) is 5.99. The molecule has 1 aromatic carbocycles. The molecule has 0 radical (unpaired) electrons. The van der Waals surface area contributed by atoms with Crippen LogP contribution in [0.4, 0.5) is 0 Å². The zero-order chi connectivity index (χ0) is 13.6. The summed E-state index contributed by atoms with van der Waals surface area (Å²) >= 11 is 0. The average molecular weight is 276 g/mol. The van der Waals surface area contributed by atoms with E-state index in [1.807, 2.05) is 18.2 Å². The lowest BCUT2D eigenvalue weighted by Crippen LogP contribution is -2.53. The second-order valence-electron chi connectivity index (χ2n) is 4.98. The Morgan fingerprint density at radius 1 is 0.947 bits per heavy atom. The number of carbonyl (C=O) groups is 2. The molecule has 0 unspecified atom stereocenters. The Hall–Kier alpha value is -1.41. The predicted octanol–water partition coefficient (Wildman–Crippen LogP) is 1.87. The molecule has 4 nitrogen and oxygen atoms in total. The lowest BCUT2D eigenvalue weighted by atomic mass is 10.2. The molecule has 0 bridgehead atoms. The first-order valence-electron chi connectivity index (χ1n) is 6.58. The quantitative estimate of drug-likeness (QED) is 0.735. The molecule has 2 fully saturated rings. The maximum Gasteiger partial charge on any atom is 0.242 e. The van der Waals surface area contributed by atoms with E-state index >= 15 is 0 Å². The van der Waals surface area contributed by atoms with Gasteiger partial charge in [-0.05, 0) is 27.1 Å². The van der Waals surface area contributed by atoms with Crippen LogP contribution in [-0.4, -0.2) is 33.4 Å². The van der Waals surface area contributed by atoms with Crippen LogP contribution in [0.2, 0.25) is 0 Å². The van der Waals surface area contributed by atoms with Gasteiger partial charge in [0.1, 0.15) is 0 Å². The van der Waals surface area contributed by atoms with Crippen LogP contribution in [-0.2, 0) is 9.59 Å². The molecule has 2 heterocycles. The summed E-state index contributed by atoms with van der Waals surface area (Å²) in [4.78, 5) is 24.2. The van der Waals surface area contributed by atoms with Crippen molar-refractivity contribution in [3.8, 4) is 0 Å². The topological polar surface area (TPSA) is 40.6 Å². The predicted molar refractivity (Wildman–Crippen MR) is 74.8 cm³/mol. The molecule has 0 aliphatic carbocycles. The first-order chi connectivity index (χ1) is 9.11. The Balaban J connectivity index is 2.00. The van der Waals surface area contributed by atoms with Crippen LogP contribution in [0.5, 0.6) is 0 Å². The van der Waals surface area contributed by atoms with Crippen LogP contribution < -0.4 is 5.30 Å². The number of benzene rings is 1. The molecule has 3 rings (SSSR count). The van der Waals surface area contributed by atoms with Crippen LogP contribution in [0.1, 0.15) is 26.7 Å². The summed E-state index contributed by atoms with van der Waals surface area (Å²) < 4.78 is 0. The second kappa shape index (κ2) is 4.61. The molecule has 19 heavy (non-hydrogen) atoms. The lowest BCUT2D eigenvalue weighted by Gasteiger charge is -2.35. The highest BCUT2D eigenvalue weighted by Crippen LogP contribution is 2.55. The second-order valence-corrected chi connectivity index (χ2v) is 7.81. The third-order valence-corrected chi connectivity index (χ3v) is 6.81. The summed E-state index contributed by atoms with van der Waals surface area (Å²) in [6, 6.07) is 10.2. The monoisotopic (exact) mass is 276 g/mol. The van der Waals surface area contributed by atoms with Crippen molar-refractivity contribution < 1.29 is 9.59 Å². The zero-order valence-electron chi connectivity index (χ0n) is 11.1. The Kier molecular flexibility index (Phi) is 3.06. The van der Waals surface area contributed by atoms with Gasteiger partial charge >= 0.3 is 0 Å². The van der Waals surface area contributed by atoms with Crippen LogP contribution in [0, 0.1) is 0 Å². The maximum atomic E-state index is 12.1. The third-order valence-electron chi connectivity index (χ3n) is 3.86. The highest BCUT2D eigenvalue weighted by Gasteiger charge is 2.49. The number of nitrogens with zero attached hydrogens (tertiary/aromatic N) is 2. The van der Waals surface area contributed by atoms with Crippen LogP contribution >= 0.6 is 7.92 Å². The van der Waals surface area contributed by atoms with Crippen LogP contribution in [0.3, 0.4) is 0 Å². The average Bonchev–Trinajstić information content (AvgIpc) is 2.68. The summed E-state index contributed by atoms with van der Waals surface area (Å²) in [6.45, 7) is 4.12. The maximum absolute atomic E-state index is 12.1. The Morgan fingerprint density at radius 3 is 1.89 bits per heavy atom. The van der Waals surface area contributed by atoms with E-state index in [1.165, 1.54) is 5.30 Å². The Labute approximate surface area is 114 Å². The van der Waals surface area contributed by atoms with Crippen LogP contribution in [0.25, 0.3) is 0 Å². The summed E-state index contributed by atoms with van der Waals surface area (Å²) in [7, 11) is -0.556. The lowest BCUT2D eigenvalue weighted by molar-refractivity contribution is -0.170. The minimum Gasteiger partial charge on any atom is -0.273 e. The van der Waals surface area contributed by atoms with Gasteiger partial charge in [0.05, 0.1) is 11.6 Å². The fourth-order valence-electron chi connectivity index (χ4n) is 3.04. The zero-order valence-corrected chi connectivity index (χ0v) is 12.0. The summed E-state index contributed by atoms with van der Waals surface area (Å²) in [5.74, 6) is 0.369. The first kappa shape index (κ1) is 12.6. The molecule has 2 atom stereocenters. The van der Waals surface area contributed by atoms with E-state index in [0.717, 1.165) is 0 Å². The Morgan fingerprint density at radius 2 is 1.42 bits per heavy atom. The van der Waals surface area contributed by atoms with E-state index in [-0.39, 0.29) is 23.4 Å². The van der Waals surface area contributed by atoms with Crippen molar-refractivity contribution >= 4 is 25.0 Å². The van der Waals surface area contributed by atoms with Gasteiger partial charge < -0.3 is 0 Å². The smallest absolute Gasteiger partial charge is 0.242 e. The number of hydrogen-bond donors (Lipinski definition) is 0. The summed E-state index contributed by atoms with van der Waals surface area (Å²) in [5.41, 5.74) is 0. The number of amides is 2. The van der Waals surface area contributed by atoms with Gasteiger partial charge in [-0.2, -0.15) is 0 Å². The Bertz CT molecular complexity index is 491. The molecule has 0 aromatic heterocycles. The molecule has 2 amide bonds. The van der Waals surface area contributed by atoms with Crippen molar-refractivity contribution in [1.29, 1.82) is 0 Å². The minimum absolute atomic E-state index is 0.0832. The number of rotatable bonds is 1. The summed E-state index contributed by atoms with van der Waals surface area (Å²) in [6.07, 6.45) is 0.703. The van der Waals surface area contributed by atoms with Gasteiger partial charge in [-0.15, -0.1) is 0 Å². The molecule has 0 N–H and O–H groups in total. The highest BCUT2D eigenvalue weighted by molar-refractivity contribution is 7.67. The van der Waals surface area contributed by atoms with Gasteiger partial charge in [0, 0.05) is 12.8 Å². The van der Waals surface area contributed by atoms with E-state index in [0.29, 0.717) is 12.8 Å². The number of fused-ring (bicyclic) bond motifs is 1. The molecule has 0 spiro atoms. The van der Waals surface area contributed by atoms with E-state index in [4.69, 9.17) is 0 Å². The molecular formula is C14H17N2O2P. The van der Waals surface area contributed by atoms with Gasteiger partial charge in [0.25, 0.3) is 0 Å². The number of hydrazine groups is 1. The molecule has 2 aliphatic rings. The number of hydrogen-bond acceptors (Lipinski definition) is 2. The molecule has 2 aliphatic heterocycles. The molecule has 0 saturated carbocycles. The fraction of sp³-hybridized carbons (Fsp3) is 0.429. The van der Waals surface area contributed by atoms with Crippen molar-refractivity contribution in [2.75, 3.05) is 0 Å². The van der Waals surface area contributed by atoms with Gasteiger partial charge in [0.2, 0.25) is 11.8 Å². The highest BCUT2D eigenvalue weighted by atomic mass is 31.1. The normalized spacial score (nSPS) is 27.9. The van der Waals surface area contributed by atoms with Crippen molar-refractivity contribution in [2.24, 2.45) is 0 Å². The minimum atomic E-state index is -0.556. The van der Waals surface area contributed by atoms with Gasteiger partial charge in [-0.1, -0.05) is 30.3 Å². The largest absolute Gasteiger partial charge is 0.273 e. The van der Waals surface area contributed by atoms with E-state index in [2.05, 4.69) is 26.0 Å². The first-order valence-corrected chi connectivity index (χ1v) is 8.06. The van der Waals surface area contributed by atoms with Crippen LogP contribution in [0.15, 0.2) is 30.3 Å².